The van der Waals surface area contributed by atoms with E-state index < -0.39 is 52.8 Å². The Balaban J connectivity index is 1.35. The molecule has 0 unspecified atom stereocenters. The van der Waals surface area contributed by atoms with Crippen molar-refractivity contribution in [2.45, 2.75) is 32.5 Å². The van der Waals surface area contributed by atoms with E-state index in [2.05, 4.69) is 15.4 Å². The molecule has 1 saturated heterocycles. The number of amides is 2. The number of aromatic hydroxyl groups is 1. The summed E-state index contributed by atoms with van der Waals surface area (Å²) in [6, 6.07) is 6.18. The maximum absolute atomic E-state index is 14.4. The van der Waals surface area contributed by atoms with Crippen molar-refractivity contribution in [2.75, 3.05) is 49.6 Å². The number of rotatable bonds is 7. The average Bonchev–Trinajstić information content (AvgIpc) is 3.53. The van der Waals surface area contributed by atoms with Crippen LogP contribution in [-0.2, 0) is 28.7 Å². The van der Waals surface area contributed by atoms with Crippen LogP contribution in [0.15, 0.2) is 47.3 Å². The van der Waals surface area contributed by atoms with E-state index in [0.717, 1.165) is 28.3 Å². The molecule has 2 N–H and O–H groups in total. The Labute approximate surface area is 281 Å². The van der Waals surface area contributed by atoms with Crippen LogP contribution in [0.4, 0.5) is 28.9 Å². The van der Waals surface area contributed by atoms with E-state index in [1.54, 1.807) is 17.9 Å². The molecule has 0 bridgehead atoms. The van der Waals surface area contributed by atoms with Gasteiger partial charge in [-0.1, -0.05) is 30.7 Å². The van der Waals surface area contributed by atoms with E-state index in [0.29, 0.717) is 31.4 Å². The Morgan fingerprint density at radius 1 is 1.12 bits per heavy atom. The third-order valence-corrected chi connectivity index (χ3v) is 8.68. The van der Waals surface area contributed by atoms with Crippen LogP contribution >= 0.6 is 11.6 Å². The van der Waals surface area contributed by atoms with E-state index in [9.17, 15) is 37.1 Å². The minimum absolute atomic E-state index is 0.0359. The molecule has 2 aliphatic rings. The zero-order chi connectivity index (χ0) is 35.0. The van der Waals surface area contributed by atoms with Gasteiger partial charge in [-0.05, 0) is 48.7 Å². The number of carbonyl (C=O) groups excluding carboxylic acids is 2. The lowest BCUT2D eigenvalue weighted by Gasteiger charge is -2.37. The summed E-state index contributed by atoms with van der Waals surface area (Å²) in [5, 5.41) is 16.9. The van der Waals surface area contributed by atoms with Crippen molar-refractivity contribution in [1.82, 2.24) is 24.1 Å². The fourth-order valence-electron chi connectivity index (χ4n) is 5.94. The van der Waals surface area contributed by atoms with Gasteiger partial charge in [0.1, 0.15) is 29.4 Å². The Bertz CT molecular complexity index is 2020. The van der Waals surface area contributed by atoms with E-state index in [-0.39, 0.29) is 60.6 Å². The number of nitrogens with zero attached hydrogens (tertiary/aromatic N) is 6. The molecule has 0 radical (unpaired) electrons. The first-order valence-electron chi connectivity index (χ1n) is 15.3. The van der Waals surface area contributed by atoms with Crippen molar-refractivity contribution in [3.63, 3.8) is 0 Å². The highest BCUT2D eigenvalue weighted by atomic mass is 35.5. The second-order valence-electron chi connectivity index (χ2n) is 11.4. The molecule has 0 spiro atoms. The summed E-state index contributed by atoms with van der Waals surface area (Å²) in [6.45, 7) is 2.66. The molecule has 2 aromatic carbocycles. The normalized spacial score (nSPS) is 15.4. The SMILES string of the molecule is CCc1c(N2CCN(C(=O)c3c(O)cccc3F)CC2)c(=O)n2nc(C3=CCOCC3)nc2n1CC(=O)Nc1ccc(C(F)(F)F)cc1Cl. The van der Waals surface area contributed by atoms with Gasteiger partial charge in [-0.25, -0.2) is 4.39 Å². The van der Waals surface area contributed by atoms with Gasteiger partial charge in [0.25, 0.3) is 11.5 Å². The Morgan fingerprint density at radius 2 is 1.88 bits per heavy atom. The molecule has 258 valence electrons. The Hall–Kier alpha value is -4.96. The van der Waals surface area contributed by atoms with Gasteiger partial charge in [0.05, 0.1) is 35.2 Å². The maximum Gasteiger partial charge on any atom is 0.416 e. The van der Waals surface area contributed by atoms with Gasteiger partial charge in [0, 0.05) is 26.2 Å². The van der Waals surface area contributed by atoms with Crippen molar-refractivity contribution >= 4 is 46.1 Å². The third kappa shape index (κ3) is 6.70. The number of piperazine rings is 1. The second-order valence-corrected chi connectivity index (χ2v) is 11.8. The number of carbonyl (C=O) groups is 2. The molecule has 2 aromatic heterocycles. The molecule has 2 amide bonds. The van der Waals surface area contributed by atoms with Crippen LogP contribution in [0.2, 0.25) is 5.02 Å². The zero-order valence-corrected chi connectivity index (χ0v) is 26.8. The summed E-state index contributed by atoms with van der Waals surface area (Å²) in [7, 11) is 0. The summed E-state index contributed by atoms with van der Waals surface area (Å²) in [5.74, 6) is -2.32. The fourth-order valence-corrected chi connectivity index (χ4v) is 6.17. The van der Waals surface area contributed by atoms with Gasteiger partial charge in [-0.3, -0.25) is 14.4 Å². The lowest BCUT2D eigenvalue weighted by molar-refractivity contribution is -0.137. The molecule has 4 heterocycles. The number of aromatic nitrogens is 4. The molecule has 0 aliphatic carbocycles. The van der Waals surface area contributed by atoms with Gasteiger partial charge < -0.3 is 29.5 Å². The summed E-state index contributed by atoms with van der Waals surface area (Å²) in [4.78, 5) is 48.4. The van der Waals surface area contributed by atoms with Gasteiger partial charge >= 0.3 is 6.18 Å². The second kappa shape index (κ2) is 13.5. The van der Waals surface area contributed by atoms with Gasteiger partial charge in [0.15, 0.2) is 5.82 Å². The highest BCUT2D eigenvalue weighted by Crippen LogP contribution is 2.34. The average molecular weight is 704 g/mol. The van der Waals surface area contributed by atoms with Crippen molar-refractivity contribution < 1.29 is 37.0 Å². The number of benzene rings is 2. The topological polar surface area (TPSA) is 134 Å². The number of phenolic OH excluding ortho intramolecular Hbond substituents is 1. The molecule has 0 atom stereocenters. The predicted molar refractivity (Wildman–Crippen MR) is 171 cm³/mol. The minimum atomic E-state index is -4.62. The summed E-state index contributed by atoms with van der Waals surface area (Å²) < 4.78 is 61.9. The lowest BCUT2D eigenvalue weighted by Crippen LogP contribution is -2.51. The van der Waals surface area contributed by atoms with Crippen molar-refractivity contribution in [2.24, 2.45) is 0 Å². The van der Waals surface area contributed by atoms with E-state index in [1.807, 2.05) is 0 Å². The molecule has 12 nitrogen and oxygen atoms in total. The molecule has 4 aromatic rings. The van der Waals surface area contributed by atoms with Gasteiger partial charge in [-0.2, -0.15) is 22.7 Å². The largest absolute Gasteiger partial charge is 0.507 e. The lowest BCUT2D eigenvalue weighted by atomic mass is 10.1. The first-order valence-corrected chi connectivity index (χ1v) is 15.7. The minimum Gasteiger partial charge on any atom is -0.507 e. The van der Waals surface area contributed by atoms with Crippen LogP contribution in [0.25, 0.3) is 11.4 Å². The summed E-state index contributed by atoms with van der Waals surface area (Å²) in [5.41, 5.74) is -0.554. The molecule has 1 fully saturated rings. The molecular weight excluding hydrogens is 674 g/mol. The molecule has 49 heavy (non-hydrogen) atoms. The monoisotopic (exact) mass is 703 g/mol. The highest BCUT2D eigenvalue weighted by molar-refractivity contribution is 6.33. The smallest absolute Gasteiger partial charge is 0.416 e. The first kappa shape index (κ1) is 33.9. The van der Waals surface area contributed by atoms with Crippen molar-refractivity contribution in [1.29, 1.82) is 0 Å². The predicted octanol–water partition coefficient (Wildman–Crippen LogP) is 4.38. The van der Waals surface area contributed by atoms with Crippen LogP contribution in [0.5, 0.6) is 5.75 Å². The number of halogens is 5. The number of hydrogen-bond donors (Lipinski definition) is 2. The number of phenols is 1. The van der Waals surface area contributed by atoms with Crippen molar-refractivity contribution in [3.05, 3.63) is 86.3 Å². The van der Waals surface area contributed by atoms with Crippen LogP contribution in [0, 0.1) is 5.82 Å². The Kier molecular flexibility index (Phi) is 9.35. The van der Waals surface area contributed by atoms with Crippen LogP contribution in [0.3, 0.4) is 0 Å². The third-order valence-electron chi connectivity index (χ3n) is 8.37. The summed E-state index contributed by atoms with van der Waals surface area (Å²) in [6.07, 6.45) is -2.06. The quantitative estimate of drug-likeness (QED) is 0.271. The van der Waals surface area contributed by atoms with E-state index >= 15 is 0 Å². The molecule has 0 saturated carbocycles. The molecular formula is C32H30ClF4N7O5. The number of ether oxygens (including phenoxy) is 1. The number of alkyl halides is 3. The molecule has 2 aliphatic heterocycles. The zero-order valence-electron chi connectivity index (χ0n) is 26.1. The van der Waals surface area contributed by atoms with E-state index in [4.69, 9.17) is 16.3 Å². The molecule has 6 rings (SSSR count). The summed E-state index contributed by atoms with van der Waals surface area (Å²) >= 11 is 6.09. The number of nitrogens with one attached hydrogen (secondary N) is 1. The first-order chi connectivity index (χ1) is 23.4. The Morgan fingerprint density at radius 3 is 2.51 bits per heavy atom. The molecule has 17 heteroatoms. The number of anilines is 2. The van der Waals surface area contributed by atoms with Crippen LogP contribution in [0.1, 0.15) is 40.8 Å². The number of fused-ring (bicyclic) bond motifs is 1. The van der Waals surface area contributed by atoms with Crippen LogP contribution < -0.4 is 15.8 Å². The fraction of sp³-hybridized carbons (Fsp3) is 0.344. The van der Waals surface area contributed by atoms with Gasteiger partial charge in [-0.15, -0.1) is 5.10 Å². The standard InChI is InChI=1S/C32H30ClF4N7O5/c1-2-23-27(41-10-12-42(13-11-41)29(47)26-21(34)4-3-5-24(26)45)30(48)44-31(39-28(40-44)18-8-14-49-15-9-18)43(23)17-25(46)38-22-7-6-19(16-20(22)33)32(35,36)37/h3-8,16,45H,2,9-15,17H2,1H3,(H,38,46). The van der Waals surface area contributed by atoms with Crippen LogP contribution in [-0.4, -0.2) is 80.4 Å². The van der Waals surface area contributed by atoms with Crippen molar-refractivity contribution in [3.8, 4) is 5.75 Å². The highest BCUT2D eigenvalue weighted by Gasteiger charge is 2.32. The van der Waals surface area contributed by atoms with Gasteiger partial charge in [0.2, 0.25) is 11.7 Å². The maximum atomic E-state index is 14.4. The van der Waals surface area contributed by atoms with E-state index in [1.165, 1.54) is 21.6 Å². The number of hydrogen-bond acceptors (Lipinski definition) is 8.